The number of carbonyl (C=O) groups is 1. The quantitative estimate of drug-likeness (QED) is 0.432. The van der Waals surface area contributed by atoms with Crippen molar-refractivity contribution in [2.75, 3.05) is 13.2 Å². The number of halogens is 2. The van der Waals surface area contributed by atoms with Crippen LogP contribution in [0.3, 0.4) is 0 Å². The van der Waals surface area contributed by atoms with E-state index in [0.717, 1.165) is 5.56 Å². The summed E-state index contributed by atoms with van der Waals surface area (Å²) in [6.07, 6.45) is -0.0890. The van der Waals surface area contributed by atoms with Gasteiger partial charge >= 0.3 is 0 Å². The molecule has 0 radical (unpaired) electrons. The van der Waals surface area contributed by atoms with Gasteiger partial charge in [-0.1, -0.05) is 60.5 Å². The van der Waals surface area contributed by atoms with Crippen molar-refractivity contribution in [3.8, 4) is 0 Å². The normalized spacial score (nSPS) is 14.3. The third-order valence-electron chi connectivity index (χ3n) is 4.97. The predicted molar refractivity (Wildman–Crippen MR) is 117 cm³/mol. The average molecular weight is 461 g/mol. The van der Waals surface area contributed by atoms with Gasteiger partial charge in [0.25, 0.3) is 0 Å². The summed E-state index contributed by atoms with van der Waals surface area (Å²) < 4.78 is 19.3. The van der Waals surface area contributed by atoms with Crippen LogP contribution >= 0.6 is 23.2 Å². The van der Waals surface area contributed by atoms with Gasteiger partial charge in [-0.3, -0.25) is 4.79 Å². The third-order valence-corrected chi connectivity index (χ3v) is 5.52. The Balaban J connectivity index is 1.68. The molecule has 1 saturated heterocycles. The fourth-order valence-corrected chi connectivity index (χ4v) is 3.97. The summed E-state index contributed by atoms with van der Waals surface area (Å²) in [5.74, 6) is 0.392. The van der Waals surface area contributed by atoms with E-state index in [4.69, 9.17) is 37.4 Å². The Morgan fingerprint density at radius 1 is 1.16 bits per heavy atom. The minimum atomic E-state index is -0.696. The van der Waals surface area contributed by atoms with E-state index in [1.807, 2.05) is 41.8 Å². The molecule has 0 unspecified atom stereocenters. The van der Waals surface area contributed by atoms with E-state index in [1.165, 1.54) is 0 Å². The Morgan fingerprint density at radius 2 is 1.90 bits per heavy atom. The lowest BCUT2D eigenvalue weighted by atomic mass is 10.1. The van der Waals surface area contributed by atoms with Gasteiger partial charge in [0.1, 0.15) is 23.9 Å². The van der Waals surface area contributed by atoms with Crippen molar-refractivity contribution < 1.29 is 19.0 Å². The molecule has 2 heterocycles. The first-order valence-corrected chi connectivity index (χ1v) is 10.8. The van der Waals surface area contributed by atoms with E-state index in [9.17, 15) is 4.79 Å². The Bertz CT molecular complexity index is 1060. The van der Waals surface area contributed by atoms with Gasteiger partial charge in [0.15, 0.2) is 0 Å². The van der Waals surface area contributed by atoms with Gasteiger partial charge < -0.3 is 18.8 Å². The van der Waals surface area contributed by atoms with Crippen molar-refractivity contribution in [3.05, 3.63) is 86.9 Å². The highest BCUT2D eigenvalue weighted by molar-refractivity contribution is 6.37. The number of aryl methyl sites for hydroxylation is 1. The Labute approximate surface area is 190 Å². The number of ether oxygens (including phenoxy) is 3. The van der Waals surface area contributed by atoms with Crippen molar-refractivity contribution in [1.82, 2.24) is 9.55 Å². The molecule has 0 saturated carbocycles. The fraction of sp³-hybridized carbons (Fsp3) is 0.304. The number of rotatable bonds is 8. The number of benzene rings is 2. The van der Waals surface area contributed by atoms with Gasteiger partial charge in [-0.25, -0.2) is 4.98 Å². The molecule has 3 aromatic rings. The van der Waals surface area contributed by atoms with Crippen LogP contribution in [-0.4, -0.2) is 28.5 Å². The zero-order valence-corrected chi connectivity index (χ0v) is 18.5. The number of hydrogen-bond acceptors (Lipinski definition) is 5. The lowest BCUT2D eigenvalue weighted by Crippen LogP contribution is -2.16. The Morgan fingerprint density at radius 3 is 2.58 bits per heavy atom. The molecule has 6 nitrogen and oxygen atoms in total. The van der Waals surface area contributed by atoms with E-state index in [0.29, 0.717) is 48.3 Å². The van der Waals surface area contributed by atoms with Crippen molar-refractivity contribution >= 4 is 29.0 Å². The number of imidazole rings is 1. The lowest BCUT2D eigenvalue weighted by Gasteiger charge is -2.16. The summed E-state index contributed by atoms with van der Waals surface area (Å²) in [6, 6.07) is 14.7. The van der Waals surface area contributed by atoms with E-state index in [2.05, 4.69) is 4.98 Å². The molecule has 0 aliphatic carbocycles. The van der Waals surface area contributed by atoms with E-state index in [-0.39, 0.29) is 23.2 Å². The highest BCUT2D eigenvalue weighted by Crippen LogP contribution is 2.31. The molecule has 0 atom stereocenters. The second-order valence-corrected chi connectivity index (χ2v) is 7.88. The zero-order chi connectivity index (χ0) is 21.8. The molecule has 2 aromatic carbocycles. The SMILES string of the molecule is CCc1nc(C(=O)c2ccc(Cl)cc2Cl)c(C2OCCO2)n1COCc1ccccc1. The van der Waals surface area contributed by atoms with Gasteiger partial charge in [0.05, 0.1) is 24.8 Å². The summed E-state index contributed by atoms with van der Waals surface area (Å²) in [5, 5.41) is 0.725. The van der Waals surface area contributed by atoms with Crippen LogP contribution in [0.5, 0.6) is 0 Å². The van der Waals surface area contributed by atoms with Gasteiger partial charge in [0, 0.05) is 17.0 Å². The highest BCUT2D eigenvalue weighted by atomic mass is 35.5. The van der Waals surface area contributed by atoms with Crippen LogP contribution in [0.2, 0.25) is 10.0 Å². The minimum Gasteiger partial charge on any atom is -0.356 e. The smallest absolute Gasteiger partial charge is 0.214 e. The maximum Gasteiger partial charge on any atom is 0.214 e. The molecule has 0 amide bonds. The van der Waals surface area contributed by atoms with Crippen molar-refractivity contribution in [1.29, 1.82) is 0 Å². The summed E-state index contributed by atoms with van der Waals surface area (Å²) in [6.45, 7) is 3.50. The molecule has 0 N–H and O–H groups in total. The monoisotopic (exact) mass is 460 g/mol. The molecule has 1 aliphatic rings. The first kappa shape index (κ1) is 22.0. The number of carbonyl (C=O) groups excluding carboxylic acids is 1. The second kappa shape index (κ2) is 9.94. The van der Waals surface area contributed by atoms with E-state index in [1.54, 1.807) is 18.2 Å². The number of nitrogens with zero attached hydrogens (tertiary/aromatic N) is 2. The molecule has 0 bridgehead atoms. The lowest BCUT2D eigenvalue weighted by molar-refractivity contribution is -0.0552. The Hall–Kier alpha value is -2.22. The average Bonchev–Trinajstić information content (AvgIpc) is 3.42. The molecule has 4 rings (SSSR count). The van der Waals surface area contributed by atoms with Gasteiger partial charge in [-0.15, -0.1) is 0 Å². The summed E-state index contributed by atoms with van der Waals surface area (Å²) in [4.78, 5) is 18.0. The zero-order valence-electron chi connectivity index (χ0n) is 17.0. The second-order valence-electron chi connectivity index (χ2n) is 7.03. The number of aromatic nitrogens is 2. The molecule has 1 fully saturated rings. The van der Waals surface area contributed by atoms with Crippen LogP contribution in [-0.2, 0) is 34.0 Å². The predicted octanol–water partition coefficient (Wildman–Crippen LogP) is 5.20. The van der Waals surface area contributed by atoms with Crippen molar-refractivity contribution in [2.45, 2.75) is 33.0 Å². The van der Waals surface area contributed by atoms with E-state index >= 15 is 0 Å². The molecular weight excluding hydrogens is 439 g/mol. The molecule has 0 spiro atoms. The van der Waals surface area contributed by atoms with Crippen LogP contribution < -0.4 is 0 Å². The Kier molecular flexibility index (Phi) is 7.05. The highest BCUT2D eigenvalue weighted by Gasteiger charge is 2.32. The maximum atomic E-state index is 13.4. The maximum absolute atomic E-state index is 13.4. The number of hydrogen-bond donors (Lipinski definition) is 0. The summed E-state index contributed by atoms with van der Waals surface area (Å²) >= 11 is 12.3. The van der Waals surface area contributed by atoms with Crippen LogP contribution in [0, 0.1) is 0 Å². The third kappa shape index (κ3) is 4.84. The van der Waals surface area contributed by atoms with Crippen molar-refractivity contribution in [2.24, 2.45) is 0 Å². The van der Waals surface area contributed by atoms with Crippen LogP contribution in [0.1, 0.15) is 46.3 Å². The van der Waals surface area contributed by atoms with Gasteiger partial charge in [-0.2, -0.15) is 0 Å². The molecule has 31 heavy (non-hydrogen) atoms. The standard InChI is InChI=1S/C23H22Cl2N2O4/c1-2-19-26-20(22(28)17-9-8-16(24)12-18(17)25)21(23-30-10-11-31-23)27(19)14-29-13-15-6-4-3-5-7-15/h3-9,12,23H,2,10-11,13-14H2,1H3. The first-order valence-electron chi connectivity index (χ1n) is 10.0. The van der Waals surface area contributed by atoms with E-state index < -0.39 is 6.29 Å². The summed E-state index contributed by atoms with van der Waals surface area (Å²) in [5.41, 5.74) is 2.16. The first-order chi connectivity index (χ1) is 15.1. The molecule has 8 heteroatoms. The molecule has 1 aliphatic heterocycles. The summed E-state index contributed by atoms with van der Waals surface area (Å²) in [7, 11) is 0. The van der Waals surface area contributed by atoms with Gasteiger partial charge in [0.2, 0.25) is 12.1 Å². The van der Waals surface area contributed by atoms with Crippen molar-refractivity contribution in [3.63, 3.8) is 0 Å². The van der Waals surface area contributed by atoms with Crippen LogP contribution in [0.25, 0.3) is 0 Å². The van der Waals surface area contributed by atoms with Crippen LogP contribution in [0.15, 0.2) is 48.5 Å². The molecular formula is C23H22Cl2N2O4. The van der Waals surface area contributed by atoms with Crippen LogP contribution in [0.4, 0.5) is 0 Å². The molecule has 162 valence electrons. The number of ketones is 1. The largest absolute Gasteiger partial charge is 0.356 e. The molecule has 1 aromatic heterocycles. The fourth-order valence-electron chi connectivity index (χ4n) is 3.48. The topological polar surface area (TPSA) is 62.6 Å². The van der Waals surface area contributed by atoms with Gasteiger partial charge in [-0.05, 0) is 23.8 Å². The minimum absolute atomic E-state index is 0.214.